The third kappa shape index (κ3) is 4.90. The monoisotopic (exact) mass is 570 g/mol. The number of pyridine rings is 1. The van der Waals surface area contributed by atoms with E-state index >= 15 is 0 Å². The molecule has 0 saturated heterocycles. The number of hydrogen-bond donors (Lipinski definition) is 0. The molecular formula is C40H34N4. The lowest BCUT2D eigenvalue weighted by Crippen LogP contribution is -2.20. The van der Waals surface area contributed by atoms with Crippen LogP contribution in [0.2, 0.25) is 0 Å². The summed E-state index contributed by atoms with van der Waals surface area (Å²) in [7, 11) is 0. The van der Waals surface area contributed by atoms with Gasteiger partial charge in [-0.05, 0) is 83.5 Å². The van der Waals surface area contributed by atoms with Crippen LogP contribution in [0.1, 0.15) is 42.5 Å². The molecule has 4 heteroatoms. The van der Waals surface area contributed by atoms with Crippen LogP contribution in [-0.2, 0) is 19.3 Å². The van der Waals surface area contributed by atoms with Gasteiger partial charge in [-0.15, -0.1) is 0 Å². The largest absolute Gasteiger partial charge is 0.256 e. The molecule has 0 bridgehead atoms. The number of allylic oxidation sites excluding steroid dienone is 1. The quantitative estimate of drug-likeness (QED) is 0.212. The van der Waals surface area contributed by atoms with E-state index in [0.717, 1.165) is 70.2 Å². The molecule has 0 N–H and O–H groups in total. The van der Waals surface area contributed by atoms with Gasteiger partial charge in [0, 0.05) is 33.8 Å². The maximum atomic E-state index is 5.08. The molecule has 2 aliphatic carbocycles. The van der Waals surface area contributed by atoms with Crippen molar-refractivity contribution in [1.82, 2.24) is 19.9 Å². The summed E-state index contributed by atoms with van der Waals surface area (Å²) in [5.74, 6) is 3.49. The number of hydrogen-bond acceptors (Lipinski definition) is 4. The topological polar surface area (TPSA) is 51.6 Å². The normalized spacial score (nSPS) is 17.3. The molecule has 4 nitrogen and oxygen atoms in total. The van der Waals surface area contributed by atoms with Gasteiger partial charge in [-0.2, -0.15) is 0 Å². The van der Waals surface area contributed by atoms with Crippen molar-refractivity contribution in [3.63, 3.8) is 0 Å². The van der Waals surface area contributed by atoms with E-state index in [-0.39, 0.29) is 0 Å². The molecule has 0 fully saturated rings. The van der Waals surface area contributed by atoms with E-state index < -0.39 is 0 Å². The first kappa shape index (κ1) is 26.7. The molecule has 214 valence electrons. The van der Waals surface area contributed by atoms with Crippen molar-refractivity contribution < 1.29 is 0 Å². The molecule has 2 aromatic heterocycles. The molecule has 2 unspecified atom stereocenters. The van der Waals surface area contributed by atoms with Crippen LogP contribution in [0.15, 0.2) is 103 Å². The molecule has 6 aromatic rings. The lowest BCUT2D eigenvalue weighted by Gasteiger charge is -2.28. The fourth-order valence-electron chi connectivity index (χ4n) is 6.72. The van der Waals surface area contributed by atoms with Gasteiger partial charge in [0.05, 0.1) is 5.52 Å². The lowest BCUT2D eigenvalue weighted by molar-refractivity contribution is 0.361. The minimum atomic E-state index is 0.669. The highest BCUT2D eigenvalue weighted by Crippen LogP contribution is 2.34. The van der Waals surface area contributed by atoms with Crippen LogP contribution in [0.3, 0.4) is 0 Å². The molecule has 2 aliphatic rings. The second kappa shape index (κ2) is 10.9. The maximum absolute atomic E-state index is 5.08. The molecule has 4 aromatic carbocycles. The van der Waals surface area contributed by atoms with Crippen molar-refractivity contribution in [3.8, 4) is 45.3 Å². The average molecular weight is 571 g/mol. The lowest BCUT2D eigenvalue weighted by atomic mass is 9.77. The summed E-state index contributed by atoms with van der Waals surface area (Å²) in [6.07, 6.45) is 10.6. The van der Waals surface area contributed by atoms with Gasteiger partial charge in [0.1, 0.15) is 0 Å². The number of fused-ring (bicyclic) bond motifs is 3. The Hall–Kier alpha value is -4.96. The highest BCUT2D eigenvalue weighted by Gasteiger charge is 2.23. The van der Waals surface area contributed by atoms with Crippen LogP contribution < -0.4 is 0 Å². The molecule has 0 aliphatic heterocycles. The minimum absolute atomic E-state index is 0.669. The maximum Gasteiger partial charge on any atom is 0.164 e. The van der Waals surface area contributed by atoms with Crippen molar-refractivity contribution in [3.05, 3.63) is 126 Å². The number of rotatable bonds is 4. The first-order valence-electron chi connectivity index (χ1n) is 15.7. The Morgan fingerprint density at radius 3 is 2.02 bits per heavy atom. The Kier molecular flexibility index (Phi) is 6.63. The Morgan fingerprint density at radius 1 is 0.591 bits per heavy atom. The minimum Gasteiger partial charge on any atom is -0.256 e. The molecule has 0 amide bonds. The van der Waals surface area contributed by atoms with E-state index in [2.05, 4.69) is 116 Å². The number of aryl methyl sites for hydroxylation is 1. The van der Waals surface area contributed by atoms with Crippen LogP contribution in [-0.4, -0.2) is 19.9 Å². The van der Waals surface area contributed by atoms with Crippen molar-refractivity contribution in [2.75, 3.05) is 0 Å². The molecule has 0 saturated carbocycles. The fraction of sp³-hybridized carbons (Fsp3) is 0.200. The van der Waals surface area contributed by atoms with Crippen LogP contribution >= 0.6 is 0 Å². The number of nitrogens with zero attached hydrogens (tertiary/aromatic N) is 4. The molecule has 0 radical (unpaired) electrons. The smallest absolute Gasteiger partial charge is 0.164 e. The van der Waals surface area contributed by atoms with Gasteiger partial charge >= 0.3 is 0 Å². The van der Waals surface area contributed by atoms with Crippen molar-refractivity contribution >= 4 is 17.0 Å². The molecule has 0 spiro atoms. The Balaban J connectivity index is 1.23. The zero-order valence-corrected chi connectivity index (χ0v) is 25.2. The zero-order chi connectivity index (χ0) is 29.6. The van der Waals surface area contributed by atoms with E-state index in [9.17, 15) is 0 Å². The second-order valence-electron chi connectivity index (χ2n) is 12.5. The summed E-state index contributed by atoms with van der Waals surface area (Å²) in [5, 5.41) is 1.13. The highest BCUT2D eigenvalue weighted by atomic mass is 15.0. The molecular weight excluding hydrogens is 536 g/mol. The first-order chi connectivity index (χ1) is 21.6. The van der Waals surface area contributed by atoms with Crippen LogP contribution in [0.25, 0.3) is 62.3 Å². The van der Waals surface area contributed by atoms with Crippen LogP contribution in [0, 0.1) is 11.8 Å². The van der Waals surface area contributed by atoms with E-state index in [4.69, 9.17) is 15.0 Å². The van der Waals surface area contributed by atoms with Gasteiger partial charge in [-0.25, -0.2) is 15.0 Å². The predicted octanol–water partition coefficient (Wildman–Crippen LogP) is 9.42. The third-order valence-electron chi connectivity index (χ3n) is 9.52. The average Bonchev–Trinajstić information content (AvgIpc) is 3.08. The molecule has 2 heterocycles. The van der Waals surface area contributed by atoms with Gasteiger partial charge < -0.3 is 0 Å². The standard InChI is InChI=1S/C40H34N4/c1-25-21-32-17-19-34(24-35(32)22-26(25)2)40-43-38(42-39(44-40)33-18-12-27-7-3-4-8-31(27)23-33)30-15-13-28(14-16-30)36-11-5-9-29-10-6-20-41-37(29)36/h3,5-7,9-20,23-26H,4,8,21-22H2,1-2H3. The summed E-state index contributed by atoms with van der Waals surface area (Å²) in [6, 6.07) is 32.3. The van der Waals surface area contributed by atoms with Gasteiger partial charge in [-0.1, -0.05) is 98.8 Å². The predicted molar refractivity (Wildman–Crippen MR) is 180 cm³/mol. The summed E-state index contributed by atoms with van der Waals surface area (Å²) in [4.78, 5) is 19.9. The van der Waals surface area contributed by atoms with E-state index in [1.54, 1.807) is 0 Å². The fourth-order valence-corrected chi connectivity index (χ4v) is 6.72. The summed E-state index contributed by atoms with van der Waals surface area (Å²) in [5.41, 5.74) is 11.8. The summed E-state index contributed by atoms with van der Waals surface area (Å²) >= 11 is 0. The van der Waals surface area contributed by atoms with Gasteiger partial charge in [-0.3, -0.25) is 4.98 Å². The van der Waals surface area contributed by atoms with E-state index in [1.165, 1.54) is 22.3 Å². The zero-order valence-electron chi connectivity index (χ0n) is 25.2. The number of aromatic nitrogens is 4. The SMILES string of the molecule is CC1Cc2ccc(-c3nc(-c4ccc(-c5cccc6cccnc56)cc4)nc(-c4ccc5c(c4)CCC=C5)n3)cc2CC1C. The van der Waals surface area contributed by atoms with Crippen molar-refractivity contribution in [2.24, 2.45) is 11.8 Å². The van der Waals surface area contributed by atoms with Gasteiger partial charge in [0.15, 0.2) is 17.5 Å². The Bertz CT molecular complexity index is 2050. The summed E-state index contributed by atoms with van der Waals surface area (Å²) < 4.78 is 0. The number of benzene rings is 4. The highest BCUT2D eigenvalue weighted by molar-refractivity contribution is 5.93. The molecule has 44 heavy (non-hydrogen) atoms. The van der Waals surface area contributed by atoms with Crippen LogP contribution in [0.4, 0.5) is 0 Å². The van der Waals surface area contributed by atoms with Gasteiger partial charge in [0.2, 0.25) is 0 Å². The van der Waals surface area contributed by atoms with Crippen molar-refractivity contribution in [2.45, 2.75) is 39.5 Å². The molecule has 2 atom stereocenters. The van der Waals surface area contributed by atoms with E-state index in [1.807, 2.05) is 12.3 Å². The van der Waals surface area contributed by atoms with Crippen molar-refractivity contribution in [1.29, 1.82) is 0 Å². The summed E-state index contributed by atoms with van der Waals surface area (Å²) in [6.45, 7) is 4.73. The van der Waals surface area contributed by atoms with Crippen LogP contribution in [0.5, 0.6) is 0 Å². The Morgan fingerprint density at radius 2 is 1.23 bits per heavy atom. The third-order valence-corrected chi connectivity index (χ3v) is 9.52. The first-order valence-corrected chi connectivity index (χ1v) is 15.7. The van der Waals surface area contributed by atoms with E-state index in [0.29, 0.717) is 23.5 Å². The van der Waals surface area contributed by atoms with Gasteiger partial charge in [0.25, 0.3) is 0 Å². The Labute approximate surface area is 258 Å². The number of para-hydroxylation sites is 1. The molecule has 8 rings (SSSR count). The second-order valence-corrected chi connectivity index (χ2v) is 12.5.